The Balaban J connectivity index is 2.23. The molecule has 0 aliphatic carbocycles. The Labute approximate surface area is 438 Å². The van der Waals surface area contributed by atoms with E-state index in [1.807, 2.05) is 6.08 Å². The van der Waals surface area contributed by atoms with Gasteiger partial charge in [0.25, 0.3) is 0 Å². The molecule has 0 radical (unpaired) electrons. The van der Waals surface area contributed by atoms with Crippen molar-refractivity contribution in [2.75, 3.05) is 13.2 Å². The molecule has 418 valence electrons. The SMILES string of the molecule is CCCCCCCCCCCCCC/C=C\CCCCCCCCCC(=O)NC(COC1OC(CO)C(O)C(O)C1O)C(O)/C=C/CC/C=C/CCCCCCCCCCCCCCCCCCCCC. The smallest absolute Gasteiger partial charge is 0.220 e. The van der Waals surface area contributed by atoms with Gasteiger partial charge in [-0.1, -0.05) is 269 Å². The Kier molecular flexibility index (Phi) is 49.3. The fraction of sp³-hybridized carbons (Fsp3) is 0.887. The first-order chi connectivity index (χ1) is 34.8. The lowest BCUT2D eigenvalue weighted by molar-refractivity contribution is -0.302. The molecule has 1 amide bonds. The summed E-state index contributed by atoms with van der Waals surface area (Å²) in [4.78, 5) is 13.1. The van der Waals surface area contributed by atoms with Crippen LogP contribution in [-0.2, 0) is 14.3 Å². The second-order valence-electron chi connectivity index (χ2n) is 21.5. The van der Waals surface area contributed by atoms with Gasteiger partial charge in [-0.15, -0.1) is 0 Å². The summed E-state index contributed by atoms with van der Waals surface area (Å²) in [5.74, 6) is -0.187. The predicted molar refractivity (Wildman–Crippen MR) is 300 cm³/mol. The fourth-order valence-corrected chi connectivity index (χ4v) is 9.82. The van der Waals surface area contributed by atoms with Crippen molar-refractivity contribution in [3.63, 3.8) is 0 Å². The maximum atomic E-state index is 13.1. The molecule has 6 N–H and O–H groups in total. The third-order valence-electron chi connectivity index (χ3n) is 14.7. The fourth-order valence-electron chi connectivity index (χ4n) is 9.82. The van der Waals surface area contributed by atoms with Crippen LogP contribution in [0.3, 0.4) is 0 Å². The van der Waals surface area contributed by atoms with Gasteiger partial charge in [0.15, 0.2) is 6.29 Å². The molecule has 0 spiro atoms. The van der Waals surface area contributed by atoms with Crippen LogP contribution >= 0.6 is 0 Å². The molecule has 0 aromatic rings. The van der Waals surface area contributed by atoms with Crippen LogP contribution in [-0.4, -0.2) is 87.5 Å². The van der Waals surface area contributed by atoms with Gasteiger partial charge in [-0.2, -0.15) is 0 Å². The standard InChI is InChI=1S/C62H117NO8/c1-3-5-7-9-11-13-15-17-19-21-23-25-27-28-30-31-33-35-37-39-41-43-45-47-49-51-56(65)55(54-70-62-61(69)60(68)59(67)57(53-64)71-62)63-58(66)52-50-48-46-44-42-40-38-36-34-32-29-26-24-22-20-18-16-14-12-10-8-6-4-2/h32,34,41,43,49,51,55-57,59-62,64-65,67-69H,3-31,33,35-40,42,44-48,50,52-54H2,1-2H3,(H,63,66)/b34-32-,43-41+,51-49+. The molecular weight excluding hydrogens is 887 g/mol. The molecule has 0 bridgehead atoms. The molecule has 1 heterocycles. The summed E-state index contributed by atoms with van der Waals surface area (Å²) < 4.78 is 11.3. The van der Waals surface area contributed by atoms with Crippen molar-refractivity contribution in [3.8, 4) is 0 Å². The molecule has 0 aromatic carbocycles. The number of aliphatic hydroxyl groups excluding tert-OH is 5. The molecule has 1 rings (SSSR count). The normalized spacial score (nSPS) is 19.5. The average Bonchev–Trinajstić information content (AvgIpc) is 3.37. The highest BCUT2D eigenvalue weighted by atomic mass is 16.7. The van der Waals surface area contributed by atoms with E-state index in [1.165, 1.54) is 225 Å². The number of carbonyl (C=O) groups excluding carboxylic acids is 1. The van der Waals surface area contributed by atoms with E-state index in [9.17, 15) is 30.3 Å². The van der Waals surface area contributed by atoms with Crippen LogP contribution in [0.2, 0.25) is 0 Å². The zero-order valence-electron chi connectivity index (χ0n) is 46.5. The zero-order chi connectivity index (χ0) is 51.5. The third kappa shape index (κ3) is 41.4. The van der Waals surface area contributed by atoms with Gasteiger partial charge in [-0.3, -0.25) is 4.79 Å². The quantitative estimate of drug-likeness (QED) is 0.0261. The van der Waals surface area contributed by atoms with Crippen LogP contribution in [0.15, 0.2) is 36.5 Å². The minimum atomic E-state index is -1.57. The van der Waals surface area contributed by atoms with Gasteiger partial charge in [0.2, 0.25) is 5.91 Å². The number of unbranched alkanes of at least 4 members (excludes halogenated alkanes) is 39. The van der Waals surface area contributed by atoms with E-state index in [0.717, 1.165) is 51.4 Å². The lowest BCUT2D eigenvalue weighted by atomic mass is 9.99. The number of nitrogens with one attached hydrogen (secondary N) is 1. The third-order valence-corrected chi connectivity index (χ3v) is 14.7. The molecule has 1 aliphatic heterocycles. The minimum Gasteiger partial charge on any atom is -0.394 e. The number of aliphatic hydroxyl groups is 5. The van der Waals surface area contributed by atoms with E-state index in [0.29, 0.717) is 6.42 Å². The maximum absolute atomic E-state index is 13.1. The zero-order valence-corrected chi connectivity index (χ0v) is 46.5. The summed E-state index contributed by atoms with van der Waals surface area (Å²) in [7, 11) is 0. The Morgan fingerprint density at radius 3 is 1.18 bits per heavy atom. The highest BCUT2D eigenvalue weighted by Gasteiger charge is 2.44. The second kappa shape index (κ2) is 51.9. The predicted octanol–water partition coefficient (Wildman–Crippen LogP) is 15.5. The lowest BCUT2D eigenvalue weighted by Crippen LogP contribution is -2.60. The van der Waals surface area contributed by atoms with E-state index in [-0.39, 0.29) is 12.5 Å². The van der Waals surface area contributed by atoms with Crippen molar-refractivity contribution in [1.82, 2.24) is 5.32 Å². The summed E-state index contributed by atoms with van der Waals surface area (Å²) in [5.41, 5.74) is 0. The summed E-state index contributed by atoms with van der Waals surface area (Å²) in [6.45, 7) is 3.80. The maximum Gasteiger partial charge on any atom is 0.220 e. The molecule has 7 unspecified atom stereocenters. The number of rotatable bonds is 53. The average molecular weight is 1000 g/mol. The van der Waals surface area contributed by atoms with Crippen LogP contribution in [0.1, 0.15) is 296 Å². The van der Waals surface area contributed by atoms with Crippen LogP contribution in [0.5, 0.6) is 0 Å². The van der Waals surface area contributed by atoms with Gasteiger partial charge in [0.05, 0.1) is 25.4 Å². The van der Waals surface area contributed by atoms with Crippen LogP contribution in [0, 0.1) is 0 Å². The summed E-state index contributed by atoms with van der Waals surface area (Å²) in [5, 5.41) is 54.6. The van der Waals surface area contributed by atoms with Gasteiger partial charge in [-0.05, 0) is 57.8 Å². The second-order valence-corrected chi connectivity index (χ2v) is 21.5. The minimum absolute atomic E-state index is 0.187. The molecule has 0 saturated carbocycles. The summed E-state index contributed by atoms with van der Waals surface area (Å²) in [6.07, 6.45) is 60.8. The monoisotopic (exact) mass is 1000 g/mol. The van der Waals surface area contributed by atoms with Gasteiger partial charge in [0.1, 0.15) is 24.4 Å². The molecule has 1 fully saturated rings. The highest BCUT2D eigenvalue weighted by molar-refractivity contribution is 5.76. The molecule has 0 aromatic heterocycles. The van der Waals surface area contributed by atoms with Gasteiger partial charge in [0, 0.05) is 6.42 Å². The van der Waals surface area contributed by atoms with Crippen molar-refractivity contribution in [3.05, 3.63) is 36.5 Å². The molecule has 7 atom stereocenters. The largest absolute Gasteiger partial charge is 0.394 e. The van der Waals surface area contributed by atoms with Crippen molar-refractivity contribution < 1.29 is 39.8 Å². The van der Waals surface area contributed by atoms with Crippen LogP contribution in [0.25, 0.3) is 0 Å². The summed E-state index contributed by atoms with van der Waals surface area (Å²) in [6, 6.07) is -0.824. The number of allylic oxidation sites excluding steroid dienone is 5. The first-order valence-corrected chi connectivity index (χ1v) is 30.7. The summed E-state index contributed by atoms with van der Waals surface area (Å²) >= 11 is 0. The van der Waals surface area contributed by atoms with E-state index < -0.39 is 49.5 Å². The Morgan fingerprint density at radius 1 is 0.465 bits per heavy atom. The number of carbonyl (C=O) groups is 1. The Hall–Kier alpha value is -1.59. The Bertz CT molecular complexity index is 1210. The molecule has 71 heavy (non-hydrogen) atoms. The van der Waals surface area contributed by atoms with Crippen molar-refractivity contribution in [1.29, 1.82) is 0 Å². The van der Waals surface area contributed by atoms with Gasteiger partial charge < -0.3 is 40.3 Å². The number of hydrogen-bond acceptors (Lipinski definition) is 8. The molecule has 1 saturated heterocycles. The topological polar surface area (TPSA) is 149 Å². The number of ether oxygens (including phenoxy) is 2. The molecule has 9 nitrogen and oxygen atoms in total. The van der Waals surface area contributed by atoms with E-state index in [4.69, 9.17) is 9.47 Å². The van der Waals surface area contributed by atoms with E-state index in [2.05, 4.69) is 43.5 Å². The van der Waals surface area contributed by atoms with Crippen LogP contribution < -0.4 is 5.32 Å². The van der Waals surface area contributed by atoms with E-state index >= 15 is 0 Å². The first kappa shape index (κ1) is 67.4. The van der Waals surface area contributed by atoms with Gasteiger partial charge >= 0.3 is 0 Å². The molecule has 9 heteroatoms. The number of amides is 1. The van der Waals surface area contributed by atoms with Crippen molar-refractivity contribution >= 4 is 5.91 Å². The first-order valence-electron chi connectivity index (χ1n) is 30.7. The van der Waals surface area contributed by atoms with Gasteiger partial charge in [-0.25, -0.2) is 0 Å². The lowest BCUT2D eigenvalue weighted by Gasteiger charge is -2.40. The molecule has 1 aliphatic rings. The van der Waals surface area contributed by atoms with Crippen molar-refractivity contribution in [2.45, 2.75) is 339 Å². The highest BCUT2D eigenvalue weighted by Crippen LogP contribution is 2.23. The van der Waals surface area contributed by atoms with E-state index in [1.54, 1.807) is 6.08 Å². The van der Waals surface area contributed by atoms with Crippen molar-refractivity contribution in [2.24, 2.45) is 0 Å². The molecular formula is C62H117NO8. The number of hydrogen-bond donors (Lipinski definition) is 6. The van der Waals surface area contributed by atoms with Crippen LogP contribution in [0.4, 0.5) is 0 Å². The Morgan fingerprint density at radius 2 is 0.803 bits per heavy atom.